The molecule has 0 saturated carbocycles. The van der Waals surface area contributed by atoms with Crippen molar-refractivity contribution < 1.29 is 0 Å². The standard InChI is InChI=1S/C49H33N5/c1-3-14-33(15-4-1)41-30-42(35-24-23-32-13-7-8-16-34(32)29-35)52-49(51-41)36-25-28-46(50-31-36)54-44-22-12-10-20-40(44)47-45(54)27-26-39-38-19-9-11-21-43(38)53(48(39)47)37-17-5-2-6-18-37/h1-14,16-31,33H,15H2. The van der Waals surface area contributed by atoms with Crippen LogP contribution >= 0.6 is 0 Å². The molecule has 0 fully saturated rings. The van der Waals surface area contributed by atoms with E-state index in [1.807, 2.05) is 6.20 Å². The molecule has 0 N–H and O–H groups in total. The number of nitrogens with zero attached hydrogens (tertiary/aromatic N) is 5. The first kappa shape index (κ1) is 30.5. The van der Waals surface area contributed by atoms with E-state index in [4.69, 9.17) is 15.0 Å². The zero-order valence-corrected chi connectivity index (χ0v) is 29.3. The number of hydrogen-bond acceptors (Lipinski definition) is 3. The number of benzene rings is 6. The third-order valence-corrected chi connectivity index (χ3v) is 10.9. The maximum Gasteiger partial charge on any atom is 0.161 e. The molecule has 1 aliphatic carbocycles. The summed E-state index contributed by atoms with van der Waals surface area (Å²) < 4.78 is 4.70. The van der Waals surface area contributed by atoms with Crippen molar-refractivity contribution >= 4 is 54.4 Å². The molecule has 0 amide bonds. The average Bonchev–Trinajstić information content (AvgIpc) is 3.77. The lowest BCUT2D eigenvalue weighted by Crippen LogP contribution is -2.04. The van der Waals surface area contributed by atoms with Gasteiger partial charge in [0.05, 0.1) is 33.5 Å². The minimum atomic E-state index is 0.184. The molecule has 5 heteroatoms. The molecule has 1 aliphatic rings. The first-order chi connectivity index (χ1) is 26.8. The Bertz CT molecular complexity index is 3130. The normalized spacial score (nSPS) is 14.3. The second-order valence-electron chi connectivity index (χ2n) is 14.0. The first-order valence-electron chi connectivity index (χ1n) is 18.5. The van der Waals surface area contributed by atoms with Crippen LogP contribution in [0.2, 0.25) is 0 Å². The topological polar surface area (TPSA) is 48.5 Å². The minimum absolute atomic E-state index is 0.184. The van der Waals surface area contributed by atoms with Gasteiger partial charge in [0.15, 0.2) is 5.82 Å². The summed E-state index contributed by atoms with van der Waals surface area (Å²) in [6.07, 6.45) is 11.5. The zero-order valence-electron chi connectivity index (χ0n) is 29.3. The van der Waals surface area contributed by atoms with Gasteiger partial charge in [-0.3, -0.25) is 4.57 Å². The van der Waals surface area contributed by atoms with Crippen LogP contribution in [0.25, 0.3) is 88.5 Å². The molecular weight excluding hydrogens is 659 g/mol. The molecule has 54 heavy (non-hydrogen) atoms. The summed E-state index contributed by atoms with van der Waals surface area (Å²) in [6.45, 7) is 0. The molecule has 1 atom stereocenters. The molecule has 11 rings (SSSR count). The zero-order chi connectivity index (χ0) is 35.6. The van der Waals surface area contributed by atoms with E-state index in [0.29, 0.717) is 5.82 Å². The lowest BCUT2D eigenvalue weighted by atomic mass is 9.95. The molecule has 6 aromatic carbocycles. The lowest BCUT2D eigenvalue weighted by molar-refractivity contribution is 0.811. The van der Waals surface area contributed by atoms with Crippen LogP contribution in [0.5, 0.6) is 0 Å². The largest absolute Gasteiger partial charge is 0.309 e. The number of fused-ring (bicyclic) bond motifs is 8. The second kappa shape index (κ2) is 12.2. The summed E-state index contributed by atoms with van der Waals surface area (Å²) >= 11 is 0. The Morgan fingerprint density at radius 2 is 1.30 bits per heavy atom. The molecule has 0 bridgehead atoms. The first-order valence-corrected chi connectivity index (χ1v) is 18.5. The summed E-state index contributed by atoms with van der Waals surface area (Å²) in [5.41, 5.74) is 9.62. The van der Waals surface area contributed by atoms with E-state index in [1.54, 1.807) is 0 Å². The molecule has 4 heterocycles. The van der Waals surface area contributed by atoms with E-state index < -0.39 is 0 Å². The lowest BCUT2D eigenvalue weighted by Gasteiger charge is -2.16. The summed E-state index contributed by atoms with van der Waals surface area (Å²) in [5.74, 6) is 1.70. The molecular formula is C49H33N5. The maximum absolute atomic E-state index is 5.16. The molecule has 1 unspecified atom stereocenters. The monoisotopic (exact) mass is 691 g/mol. The Morgan fingerprint density at radius 3 is 2.11 bits per heavy atom. The van der Waals surface area contributed by atoms with E-state index in [2.05, 4.69) is 185 Å². The van der Waals surface area contributed by atoms with Gasteiger partial charge in [-0.1, -0.05) is 121 Å². The van der Waals surface area contributed by atoms with Crippen LogP contribution in [-0.2, 0) is 0 Å². The van der Waals surface area contributed by atoms with Crippen LogP contribution in [0.3, 0.4) is 0 Å². The Kier molecular flexibility index (Phi) is 6.92. The van der Waals surface area contributed by atoms with E-state index in [1.165, 1.54) is 43.4 Å². The Labute approximate surface area is 311 Å². The van der Waals surface area contributed by atoms with Crippen molar-refractivity contribution in [1.82, 2.24) is 24.1 Å². The van der Waals surface area contributed by atoms with E-state index in [-0.39, 0.29) is 5.92 Å². The Balaban J connectivity index is 1.08. The summed E-state index contributed by atoms with van der Waals surface area (Å²) in [5, 5.41) is 7.27. The molecule has 10 aromatic rings. The maximum atomic E-state index is 5.16. The average molecular weight is 692 g/mol. The van der Waals surface area contributed by atoms with E-state index in [9.17, 15) is 0 Å². The number of allylic oxidation sites excluding steroid dienone is 4. The van der Waals surface area contributed by atoms with Crippen molar-refractivity contribution in [2.24, 2.45) is 0 Å². The third kappa shape index (κ3) is 4.82. The highest BCUT2D eigenvalue weighted by Crippen LogP contribution is 2.42. The summed E-state index contributed by atoms with van der Waals surface area (Å²) in [4.78, 5) is 15.5. The fraction of sp³-hybridized carbons (Fsp3) is 0.0408. The van der Waals surface area contributed by atoms with Crippen molar-refractivity contribution in [3.8, 4) is 34.2 Å². The number of aromatic nitrogens is 5. The second-order valence-corrected chi connectivity index (χ2v) is 14.0. The summed E-state index contributed by atoms with van der Waals surface area (Å²) in [6, 6.07) is 53.9. The molecule has 0 radical (unpaired) electrons. The predicted molar refractivity (Wildman–Crippen MR) is 223 cm³/mol. The van der Waals surface area contributed by atoms with Crippen LogP contribution in [0, 0.1) is 0 Å². The molecule has 0 spiro atoms. The highest BCUT2D eigenvalue weighted by Gasteiger charge is 2.22. The van der Waals surface area contributed by atoms with Gasteiger partial charge in [0, 0.05) is 50.5 Å². The van der Waals surface area contributed by atoms with Crippen LogP contribution in [-0.4, -0.2) is 24.1 Å². The van der Waals surface area contributed by atoms with E-state index in [0.717, 1.165) is 51.5 Å². The number of hydrogen-bond donors (Lipinski definition) is 0. The number of para-hydroxylation sites is 3. The predicted octanol–water partition coefficient (Wildman–Crippen LogP) is 12.2. The van der Waals surface area contributed by atoms with Crippen molar-refractivity contribution in [2.45, 2.75) is 12.3 Å². The third-order valence-electron chi connectivity index (χ3n) is 10.9. The van der Waals surface area contributed by atoms with Gasteiger partial charge in [-0.05, 0) is 71.8 Å². The van der Waals surface area contributed by atoms with Crippen molar-refractivity contribution in [3.05, 3.63) is 188 Å². The molecule has 254 valence electrons. The molecule has 5 nitrogen and oxygen atoms in total. The highest BCUT2D eigenvalue weighted by molar-refractivity contribution is 6.26. The van der Waals surface area contributed by atoms with Crippen molar-refractivity contribution in [3.63, 3.8) is 0 Å². The molecule has 4 aromatic heterocycles. The fourth-order valence-corrected chi connectivity index (χ4v) is 8.33. The Morgan fingerprint density at radius 1 is 0.537 bits per heavy atom. The Hall–Kier alpha value is -7.11. The van der Waals surface area contributed by atoms with Gasteiger partial charge >= 0.3 is 0 Å². The van der Waals surface area contributed by atoms with Gasteiger partial charge < -0.3 is 4.57 Å². The van der Waals surface area contributed by atoms with Crippen LogP contribution in [0.15, 0.2) is 182 Å². The SMILES string of the molecule is C1=CCC(c2cc(-c3ccc4ccccc4c3)nc(-c3ccc(-n4c5ccccc5c5c4ccc4c6ccccc6n(-c6ccccc6)c45)nc3)n2)C=C1. The van der Waals surface area contributed by atoms with Crippen molar-refractivity contribution in [2.75, 3.05) is 0 Å². The van der Waals surface area contributed by atoms with Crippen LogP contribution in [0.4, 0.5) is 0 Å². The highest BCUT2D eigenvalue weighted by atomic mass is 15.1. The van der Waals surface area contributed by atoms with Crippen LogP contribution < -0.4 is 0 Å². The quantitative estimate of drug-likeness (QED) is 0.180. The summed E-state index contributed by atoms with van der Waals surface area (Å²) in [7, 11) is 0. The fourth-order valence-electron chi connectivity index (χ4n) is 8.33. The van der Waals surface area contributed by atoms with Gasteiger partial charge in [-0.15, -0.1) is 0 Å². The van der Waals surface area contributed by atoms with Crippen LogP contribution in [0.1, 0.15) is 18.0 Å². The minimum Gasteiger partial charge on any atom is -0.309 e. The van der Waals surface area contributed by atoms with Gasteiger partial charge in [0.25, 0.3) is 0 Å². The number of pyridine rings is 1. The van der Waals surface area contributed by atoms with Gasteiger partial charge in [0.1, 0.15) is 5.82 Å². The van der Waals surface area contributed by atoms with Gasteiger partial charge in [0.2, 0.25) is 0 Å². The van der Waals surface area contributed by atoms with Gasteiger partial charge in [-0.25, -0.2) is 15.0 Å². The van der Waals surface area contributed by atoms with Gasteiger partial charge in [-0.2, -0.15) is 0 Å². The molecule has 0 saturated heterocycles. The van der Waals surface area contributed by atoms with E-state index >= 15 is 0 Å². The molecule has 0 aliphatic heterocycles. The van der Waals surface area contributed by atoms with Crippen molar-refractivity contribution in [1.29, 1.82) is 0 Å². The smallest absolute Gasteiger partial charge is 0.161 e. The number of rotatable bonds is 5.